The average molecular weight is 243 g/mol. The zero-order chi connectivity index (χ0) is 12.1. The summed E-state index contributed by atoms with van der Waals surface area (Å²) in [6, 6.07) is 3.03. The quantitative estimate of drug-likeness (QED) is 0.473. The molecule has 0 aromatic heterocycles. The van der Waals surface area contributed by atoms with Crippen LogP contribution in [0.3, 0.4) is 0 Å². The molecule has 0 atom stereocenters. The predicted octanol–water partition coefficient (Wildman–Crippen LogP) is 1.25. The number of nitro benzene ring substituents is 1. The molecular formula is C8H7ClN4O3. The zero-order valence-electron chi connectivity index (χ0n) is 7.88. The van der Waals surface area contributed by atoms with Crippen LogP contribution in [0.25, 0.3) is 0 Å². The summed E-state index contributed by atoms with van der Waals surface area (Å²) < 4.78 is 0. The number of carbonyl (C=O) groups excluding carboxylic acids is 1. The van der Waals surface area contributed by atoms with Gasteiger partial charge in [0, 0.05) is 22.7 Å². The van der Waals surface area contributed by atoms with E-state index in [1.807, 2.05) is 5.43 Å². The first-order valence-electron chi connectivity index (χ1n) is 4.03. The van der Waals surface area contributed by atoms with E-state index in [0.29, 0.717) is 5.56 Å². The molecule has 0 aliphatic rings. The Bertz CT molecular complexity index is 461. The molecule has 1 aromatic rings. The summed E-state index contributed by atoms with van der Waals surface area (Å²) >= 11 is 5.76. The summed E-state index contributed by atoms with van der Waals surface area (Å²) in [4.78, 5) is 20.2. The van der Waals surface area contributed by atoms with Crippen molar-refractivity contribution in [2.24, 2.45) is 10.8 Å². The van der Waals surface area contributed by atoms with Gasteiger partial charge in [0.2, 0.25) is 0 Å². The van der Waals surface area contributed by atoms with Crippen molar-refractivity contribution in [1.82, 2.24) is 5.43 Å². The average Bonchev–Trinajstić information content (AvgIpc) is 2.20. The summed E-state index contributed by atoms with van der Waals surface area (Å²) in [6.45, 7) is 0. The number of nitrogens with two attached hydrogens (primary N) is 1. The molecule has 0 aliphatic carbocycles. The van der Waals surface area contributed by atoms with Crippen molar-refractivity contribution in [2.75, 3.05) is 0 Å². The van der Waals surface area contributed by atoms with E-state index in [-0.39, 0.29) is 10.7 Å². The maximum Gasteiger partial charge on any atom is 0.332 e. The zero-order valence-corrected chi connectivity index (χ0v) is 8.64. The lowest BCUT2D eigenvalue weighted by Gasteiger charge is -1.97. The van der Waals surface area contributed by atoms with Gasteiger partial charge in [0.05, 0.1) is 11.1 Å². The van der Waals surface area contributed by atoms with E-state index in [2.05, 4.69) is 5.10 Å². The lowest BCUT2D eigenvalue weighted by molar-refractivity contribution is -0.384. The van der Waals surface area contributed by atoms with Crippen LogP contribution < -0.4 is 11.2 Å². The van der Waals surface area contributed by atoms with Crippen molar-refractivity contribution in [1.29, 1.82) is 0 Å². The van der Waals surface area contributed by atoms with Crippen LogP contribution in [0.1, 0.15) is 5.56 Å². The van der Waals surface area contributed by atoms with E-state index < -0.39 is 11.0 Å². The number of nitrogens with one attached hydrogen (secondary N) is 1. The minimum absolute atomic E-state index is 0.120. The third-order valence-electron chi connectivity index (χ3n) is 1.57. The van der Waals surface area contributed by atoms with Crippen LogP contribution in [0.2, 0.25) is 5.02 Å². The van der Waals surface area contributed by atoms with Gasteiger partial charge >= 0.3 is 6.03 Å². The van der Waals surface area contributed by atoms with Crippen molar-refractivity contribution in [3.8, 4) is 0 Å². The van der Waals surface area contributed by atoms with Crippen molar-refractivity contribution >= 4 is 29.5 Å². The molecule has 1 aromatic carbocycles. The van der Waals surface area contributed by atoms with Gasteiger partial charge in [-0.15, -0.1) is 0 Å². The van der Waals surface area contributed by atoms with E-state index in [4.69, 9.17) is 17.3 Å². The van der Waals surface area contributed by atoms with Crippen LogP contribution >= 0.6 is 11.6 Å². The molecule has 0 unspecified atom stereocenters. The molecule has 3 N–H and O–H groups in total. The minimum Gasteiger partial charge on any atom is -0.350 e. The number of carbonyl (C=O) groups is 1. The van der Waals surface area contributed by atoms with Gasteiger partial charge in [-0.3, -0.25) is 10.1 Å². The molecule has 2 amide bonds. The van der Waals surface area contributed by atoms with Crippen LogP contribution in [0.4, 0.5) is 10.5 Å². The Labute approximate surface area is 95.0 Å². The third kappa shape index (κ3) is 3.21. The van der Waals surface area contributed by atoms with Gasteiger partial charge in [-0.1, -0.05) is 11.6 Å². The number of nitro groups is 1. The molecule has 0 spiro atoms. The maximum absolute atomic E-state index is 10.5. The van der Waals surface area contributed by atoms with Crippen LogP contribution in [0.5, 0.6) is 0 Å². The molecule has 7 nitrogen and oxygen atoms in total. The normalized spacial score (nSPS) is 10.3. The smallest absolute Gasteiger partial charge is 0.332 e. The summed E-state index contributed by atoms with van der Waals surface area (Å²) in [5, 5.41) is 14.2. The van der Waals surface area contributed by atoms with Crippen molar-refractivity contribution in [3.63, 3.8) is 0 Å². The molecule has 16 heavy (non-hydrogen) atoms. The Morgan fingerprint density at radius 1 is 1.62 bits per heavy atom. The molecule has 0 saturated carbocycles. The number of halogens is 1. The fraction of sp³-hybridized carbons (Fsp3) is 0. The molecule has 0 fully saturated rings. The molecule has 0 heterocycles. The number of hydrogen-bond acceptors (Lipinski definition) is 4. The first-order chi connectivity index (χ1) is 7.50. The van der Waals surface area contributed by atoms with Crippen LogP contribution in [0, 0.1) is 10.1 Å². The summed E-state index contributed by atoms with van der Waals surface area (Å²) in [7, 11) is 0. The fourth-order valence-corrected chi connectivity index (χ4v) is 1.08. The van der Waals surface area contributed by atoms with Crippen LogP contribution in [0.15, 0.2) is 23.3 Å². The first-order valence-corrected chi connectivity index (χ1v) is 4.41. The second-order valence-corrected chi connectivity index (χ2v) is 3.10. The lowest BCUT2D eigenvalue weighted by Crippen LogP contribution is -2.24. The Kier molecular flexibility index (Phi) is 3.78. The van der Waals surface area contributed by atoms with Gasteiger partial charge in [-0.2, -0.15) is 5.10 Å². The molecule has 84 valence electrons. The highest BCUT2D eigenvalue weighted by atomic mass is 35.5. The van der Waals surface area contributed by atoms with Gasteiger partial charge in [-0.05, 0) is 6.07 Å². The Morgan fingerprint density at radius 2 is 2.31 bits per heavy atom. The Hall–Kier alpha value is -2.15. The molecular weight excluding hydrogens is 236 g/mol. The number of benzene rings is 1. The SMILES string of the molecule is NC(=O)NN=Cc1cc([N+](=O)[O-])ccc1Cl. The van der Waals surface area contributed by atoms with Gasteiger partial charge in [0.25, 0.3) is 5.69 Å². The number of non-ortho nitro benzene ring substituents is 1. The highest BCUT2D eigenvalue weighted by Crippen LogP contribution is 2.20. The summed E-state index contributed by atoms with van der Waals surface area (Å²) in [6.07, 6.45) is 1.17. The van der Waals surface area contributed by atoms with Crippen LogP contribution in [-0.4, -0.2) is 17.2 Å². The van der Waals surface area contributed by atoms with Crippen molar-refractivity contribution in [2.45, 2.75) is 0 Å². The van der Waals surface area contributed by atoms with E-state index in [1.54, 1.807) is 0 Å². The summed E-state index contributed by atoms with van der Waals surface area (Å²) in [5.74, 6) is 0. The van der Waals surface area contributed by atoms with E-state index >= 15 is 0 Å². The maximum atomic E-state index is 10.5. The third-order valence-corrected chi connectivity index (χ3v) is 1.91. The molecule has 0 radical (unpaired) electrons. The number of hydrazone groups is 1. The number of nitrogens with zero attached hydrogens (tertiary/aromatic N) is 2. The minimum atomic E-state index is -0.835. The Balaban J connectivity index is 2.94. The van der Waals surface area contributed by atoms with Gasteiger partial charge in [-0.25, -0.2) is 10.2 Å². The highest BCUT2D eigenvalue weighted by Gasteiger charge is 2.07. The number of urea groups is 1. The van der Waals surface area contributed by atoms with Gasteiger partial charge in [0.1, 0.15) is 0 Å². The van der Waals surface area contributed by atoms with E-state index in [0.717, 1.165) is 0 Å². The summed E-state index contributed by atoms with van der Waals surface area (Å²) in [5.41, 5.74) is 6.91. The number of amides is 2. The predicted molar refractivity (Wildman–Crippen MR) is 58.4 cm³/mol. The molecule has 0 saturated heterocycles. The Morgan fingerprint density at radius 3 is 2.88 bits per heavy atom. The van der Waals surface area contributed by atoms with Crippen molar-refractivity contribution in [3.05, 3.63) is 38.9 Å². The van der Waals surface area contributed by atoms with Crippen molar-refractivity contribution < 1.29 is 9.72 Å². The number of rotatable bonds is 3. The topological polar surface area (TPSA) is 111 Å². The van der Waals surface area contributed by atoms with Crippen LogP contribution in [-0.2, 0) is 0 Å². The first kappa shape index (κ1) is 11.9. The monoisotopic (exact) mass is 242 g/mol. The largest absolute Gasteiger partial charge is 0.350 e. The molecule has 8 heteroatoms. The van der Waals surface area contributed by atoms with Gasteiger partial charge in [0.15, 0.2) is 0 Å². The second-order valence-electron chi connectivity index (χ2n) is 2.70. The standard InChI is InChI=1S/C8H7ClN4O3/c9-7-2-1-6(13(15)16)3-5(7)4-11-12-8(10)14/h1-4H,(H3,10,12,14). The second kappa shape index (κ2) is 5.08. The molecule has 0 aliphatic heterocycles. The van der Waals surface area contributed by atoms with E-state index in [9.17, 15) is 14.9 Å². The van der Waals surface area contributed by atoms with Gasteiger partial charge < -0.3 is 5.73 Å². The molecule has 1 rings (SSSR count). The highest BCUT2D eigenvalue weighted by molar-refractivity contribution is 6.33. The number of hydrogen-bond donors (Lipinski definition) is 2. The molecule has 0 bridgehead atoms. The lowest BCUT2D eigenvalue weighted by atomic mass is 10.2. The van der Waals surface area contributed by atoms with E-state index in [1.165, 1.54) is 24.4 Å². The fourth-order valence-electron chi connectivity index (χ4n) is 0.909. The number of primary amides is 1.